The molecule has 124 valence electrons. The molecule has 0 bridgehead atoms. The standard InChI is InChI=1S/C17H18ClN5O/c1-10-4-6-23(7-5-10)15(20)13(9-19)16-21-14-8-11(18)2-3-12(14)17(24)22-16/h2-3,8,10,20-21H,4-7H2,1H3,(H,22,24)/b16-13+,20-15?. The molecule has 7 heteroatoms. The summed E-state index contributed by atoms with van der Waals surface area (Å²) in [6, 6.07) is 6.95. The van der Waals surface area contributed by atoms with Gasteiger partial charge >= 0.3 is 0 Å². The number of likely N-dealkylation sites (tertiary alicyclic amines) is 1. The first-order chi connectivity index (χ1) is 11.5. The summed E-state index contributed by atoms with van der Waals surface area (Å²) in [5, 5.41) is 24.1. The summed E-state index contributed by atoms with van der Waals surface area (Å²) in [5.41, 5.74) is 1.12. The molecule has 0 unspecified atom stereocenters. The number of halogens is 1. The smallest absolute Gasteiger partial charge is 0.258 e. The van der Waals surface area contributed by atoms with Crippen LogP contribution >= 0.6 is 11.6 Å². The van der Waals surface area contributed by atoms with E-state index in [1.165, 1.54) is 0 Å². The number of carbonyl (C=O) groups excluding carboxylic acids is 1. The molecule has 1 saturated heterocycles. The number of piperidine rings is 1. The Morgan fingerprint density at radius 2 is 2.08 bits per heavy atom. The summed E-state index contributed by atoms with van der Waals surface area (Å²) >= 11 is 5.98. The Labute approximate surface area is 145 Å². The number of nitriles is 1. The zero-order valence-electron chi connectivity index (χ0n) is 13.3. The van der Waals surface area contributed by atoms with Crippen molar-refractivity contribution in [2.45, 2.75) is 19.8 Å². The lowest BCUT2D eigenvalue weighted by atomic mass is 9.98. The van der Waals surface area contributed by atoms with Gasteiger partial charge in [-0.15, -0.1) is 0 Å². The highest BCUT2D eigenvalue weighted by Crippen LogP contribution is 2.27. The molecule has 3 rings (SSSR count). The molecule has 24 heavy (non-hydrogen) atoms. The molecule has 6 nitrogen and oxygen atoms in total. The van der Waals surface area contributed by atoms with Gasteiger partial charge in [0, 0.05) is 18.1 Å². The van der Waals surface area contributed by atoms with Gasteiger partial charge in [0.25, 0.3) is 5.91 Å². The highest BCUT2D eigenvalue weighted by Gasteiger charge is 2.27. The highest BCUT2D eigenvalue weighted by atomic mass is 35.5. The summed E-state index contributed by atoms with van der Waals surface area (Å²) in [7, 11) is 0. The Morgan fingerprint density at radius 1 is 1.38 bits per heavy atom. The fraction of sp³-hybridized carbons (Fsp3) is 0.353. The van der Waals surface area contributed by atoms with Crippen molar-refractivity contribution in [2.24, 2.45) is 5.92 Å². The van der Waals surface area contributed by atoms with E-state index in [0.717, 1.165) is 25.9 Å². The van der Waals surface area contributed by atoms with Crippen LogP contribution in [0.3, 0.4) is 0 Å². The van der Waals surface area contributed by atoms with Crippen molar-refractivity contribution in [2.75, 3.05) is 18.4 Å². The third-order valence-electron chi connectivity index (χ3n) is 4.42. The van der Waals surface area contributed by atoms with Crippen LogP contribution in [-0.4, -0.2) is 29.7 Å². The van der Waals surface area contributed by atoms with Crippen molar-refractivity contribution >= 4 is 29.0 Å². The van der Waals surface area contributed by atoms with Gasteiger partial charge in [-0.05, 0) is 37.0 Å². The van der Waals surface area contributed by atoms with Crippen molar-refractivity contribution in [1.82, 2.24) is 10.2 Å². The number of hydrogen-bond acceptors (Lipinski definition) is 4. The van der Waals surface area contributed by atoms with Crippen LogP contribution in [0.15, 0.2) is 29.6 Å². The lowest BCUT2D eigenvalue weighted by Crippen LogP contribution is -2.41. The van der Waals surface area contributed by atoms with Gasteiger partial charge < -0.3 is 15.5 Å². The van der Waals surface area contributed by atoms with Crippen molar-refractivity contribution in [1.29, 1.82) is 10.7 Å². The normalized spacial score (nSPS) is 19.7. The number of fused-ring (bicyclic) bond motifs is 1. The topological polar surface area (TPSA) is 92.0 Å². The Hall–Kier alpha value is -2.52. The first-order valence-electron chi connectivity index (χ1n) is 7.85. The molecule has 3 N–H and O–H groups in total. The molecule has 1 aromatic carbocycles. The van der Waals surface area contributed by atoms with Gasteiger partial charge in [-0.2, -0.15) is 5.26 Å². The van der Waals surface area contributed by atoms with Gasteiger partial charge in [0.2, 0.25) is 0 Å². The molecule has 0 aliphatic carbocycles. The second kappa shape index (κ2) is 6.54. The van der Waals surface area contributed by atoms with Crippen LogP contribution in [-0.2, 0) is 0 Å². The monoisotopic (exact) mass is 343 g/mol. The Bertz CT molecular complexity index is 772. The molecule has 0 saturated carbocycles. The van der Waals surface area contributed by atoms with E-state index in [1.807, 2.05) is 11.0 Å². The fourth-order valence-electron chi connectivity index (χ4n) is 2.91. The number of nitrogens with zero attached hydrogens (tertiary/aromatic N) is 2. The lowest BCUT2D eigenvalue weighted by molar-refractivity contribution is 0.0963. The van der Waals surface area contributed by atoms with Crippen molar-refractivity contribution in [3.63, 3.8) is 0 Å². The molecule has 0 radical (unpaired) electrons. The van der Waals surface area contributed by atoms with E-state index in [-0.39, 0.29) is 23.1 Å². The van der Waals surface area contributed by atoms with Crippen molar-refractivity contribution < 1.29 is 4.79 Å². The number of hydrogen-bond donors (Lipinski definition) is 3. The third kappa shape index (κ3) is 3.08. The third-order valence-corrected chi connectivity index (χ3v) is 4.66. The second-order valence-electron chi connectivity index (χ2n) is 6.15. The molecule has 0 atom stereocenters. The molecular formula is C17H18ClN5O. The van der Waals surface area contributed by atoms with Crippen LogP contribution in [0.4, 0.5) is 5.69 Å². The maximum Gasteiger partial charge on any atom is 0.258 e. The molecule has 1 amide bonds. The van der Waals surface area contributed by atoms with Gasteiger partial charge in [0.1, 0.15) is 23.3 Å². The number of amides is 1. The lowest BCUT2D eigenvalue weighted by Gasteiger charge is -2.32. The van der Waals surface area contributed by atoms with Crippen LogP contribution < -0.4 is 10.6 Å². The SMILES string of the molecule is CC1CCN(C(=N)/C(C#N)=C2/NC(=O)c3ccc(Cl)cc3N2)CC1. The first-order valence-corrected chi connectivity index (χ1v) is 8.23. The van der Waals surface area contributed by atoms with E-state index >= 15 is 0 Å². The number of anilines is 1. The summed E-state index contributed by atoms with van der Waals surface area (Å²) in [6.07, 6.45) is 1.99. The largest absolute Gasteiger partial charge is 0.356 e. The maximum atomic E-state index is 12.2. The zero-order valence-corrected chi connectivity index (χ0v) is 14.1. The summed E-state index contributed by atoms with van der Waals surface area (Å²) in [6.45, 7) is 3.68. The van der Waals surface area contributed by atoms with Gasteiger partial charge in [-0.25, -0.2) is 0 Å². The number of amidine groups is 1. The van der Waals surface area contributed by atoms with Crippen molar-refractivity contribution in [3.05, 3.63) is 40.2 Å². The molecule has 2 aliphatic heterocycles. The number of rotatable bonds is 1. The van der Waals surface area contributed by atoms with Gasteiger partial charge in [0.05, 0.1) is 11.3 Å². The number of benzene rings is 1. The minimum Gasteiger partial charge on any atom is -0.356 e. The highest BCUT2D eigenvalue weighted by molar-refractivity contribution is 6.31. The predicted octanol–water partition coefficient (Wildman–Crippen LogP) is 2.94. The van der Waals surface area contributed by atoms with E-state index < -0.39 is 0 Å². The maximum absolute atomic E-state index is 12.2. The minimum absolute atomic E-state index is 0.128. The van der Waals surface area contributed by atoms with E-state index in [1.54, 1.807) is 18.2 Å². The fourth-order valence-corrected chi connectivity index (χ4v) is 3.08. The summed E-state index contributed by atoms with van der Waals surface area (Å²) < 4.78 is 0. The van der Waals surface area contributed by atoms with E-state index in [0.29, 0.717) is 22.2 Å². The van der Waals surface area contributed by atoms with E-state index in [9.17, 15) is 10.1 Å². The van der Waals surface area contributed by atoms with Crippen LogP contribution in [0.25, 0.3) is 0 Å². The Morgan fingerprint density at radius 3 is 2.75 bits per heavy atom. The van der Waals surface area contributed by atoms with E-state index in [4.69, 9.17) is 17.0 Å². The molecule has 2 heterocycles. The van der Waals surface area contributed by atoms with Crippen LogP contribution in [0.5, 0.6) is 0 Å². The Balaban J connectivity index is 1.91. The minimum atomic E-state index is -0.316. The molecule has 0 spiro atoms. The van der Waals surface area contributed by atoms with Crippen molar-refractivity contribution in [3.8, 4) is 6.07 Å². The van der Waals surface area contributed by atoms with Gasteiger partial charge in [-0.1, -0.05) is 18.5 Å². The average Bonchev–Trinajstić information content (AvgIpc) is 2.55. The zero-order chi connectivity index (χ0) is 17.3. The number of nitrogens with one attached hydrogen (secondary N) is 3. The molecule has 0 aromatic heterocycles. The molecule has 2 aliphatic rings. The van der Waals surface area contributed by atoms with Gasteiger partial charge in [-0.3, -0.25) is 10.2 Å². The van der Waals surface area contributed by atoms with Crippen LogP contribution in [0.2, 0.25) is 5.02 Å². The Kier molecular flexibility index (Phi) is 4.45. The number of carbonyl (C=O) groups is 1. The molecular weight excluding hydrogens is 326 g/mol. The van der Waals surface area contributed by atoms with Crippen LogP contribution in [0, 0.1) is 22.7 Å². The predicted molar refractivity (Wildman–Crippen MR) is 92.9 cm³/mol. The van der Waals surface area contributed by atoms with Crippen LogP contribution in [0.1, 0.15) is 30.1 Å². The second-order valence-corrected chi connectivity index (χ2v) is 6.59. The first kappa shape index (κ1) is 16.3. The molecule has 1 fully saturated rings. The quantitative estimate of drug-likeness (QED) is 0.415. The van der Waals surface area contributed by atoms with Gasteiger partial charge in [0.15, 0.2) is 0 Å². The average molecular weight is 344 g/mol. The van der Waals surface area contributed by atoms with E-state index in [2.05, 4.69) is 17.6 Å². The molecule has 1 aromatic rings. The summed E-state index contributed by atoms with van der Waals surface area (Å²) in [5.74, 6) is 0.690. The summed E-state index contributed by atoms with van der Waals surface area (Å²) in [4.78, 5) is 14.1.